The van der Waals surface area contributed by atoms with Crippen LogP contribution in [-0.2, 0) is 0 Å². The van der Waals surface area contributed by atoms with Gasteiger partial charge in [0.05, 0.1) is 0 Å². The minimum Gasteiger partial charge on any atom is -0.456 e. The maximum Gasteiger partial charge on any atom is 0.136 e. The number of fused-ring (bicyclic) bond motifs is 7. The second kappa shape index (κ2) is 10.2. The molecule has 0 atom stereocenters. The van der Waals surface area contributed by atoms with E-state index in [1.807, 2.05) is 0 Å². The van der Waals surface area contributed by atoms with E-state index in [1.165, 1.54) is 70.9 Å². The van der Waals surface area contributed by atoms with Gasteiger partial charge in [-0.15, -0.1) is 0 Å². The zero-order chi connectivity index (χ0) is 30.9. The Bertz CT molecular complexity index is 2780. The van der Waals surface area contributed by atoms with Crippen molar-refractivity contribution in [2.75, 3.05) is 0 Å². The zero-order valence-corrected chi connectivity index (χ0v) is 25.6. The van der Waals surface area contributed by atoms with Crippen molar-refractivity contribution in [1.29, 1.82) is 0 Å². The lowest BCUT2D eigenvalue weighted by molar-refractivity contribution is 0.669. The minimum atomic E-state index is 0.910. The Balaban J connectivity index is 1.25. The molecule has 1 nitrogen and oxygen atoms in total. The third kappa shape index (κ3) is 4.03. The molecule has 0 radical (unpaired) electrons. The Labute approximate surface area is 271 Å². The minimum absolute atomic E-state index is 0.910. The predicted octanol–water partition coefficient (Wildman–Crippen LogP) is 13.2. The first kappa shape index (κ1) is 26.1. The van der Waals surface area contributed by atoms with Gasteiger partial charge in [-0.25, -0.2) is 0 Å². The summed E-state index contributed by atoms with van der Waals surface area (Å²) in [5, 5.41) is 12.2. The molecule has 0 aliphatic carbocycles. The molecule has 0 amide bonds. The maximum atomic E-state index is 6.54. The van der Waals surface area contributed by atoms with E-state index in [0.29, 0.717) is 0 Å². The van der Waals surface area contributed by atoms with Crippen molar-refractivity contribution < 1.29 is 4.42 Å². The Morgan fingerprint density at radius 2 is 0.872 bits per heavy atom. The monoisotopic (exact) mass is 596 g/mol. The fourth-order valence-electron chi connectivity index (χ4n) is 7.65. The smallest absolute Gasteiger partial charge is 0.136 e. The molecule has 1 heterocycles. The fraction of sp³-hybridized carbons (Fsp3) is 0. The second-order valence-corrected chi connectivity index (χ2v) is 12.5. The van der Waals surface area contributed by atoms with Gasteiger partial charge in [0.25, 0.3) is 0 Å². The molecule has 10 rings (SSSR count). The number of hydrogen-bond donors (Lipinski definition) is 0. The zero-order valence-electron chi connectivity index (χ0n) is 25.6. The first-order chi connectivity index (χ1) is 23.3. The highest BCUT2D eigenvalue weighted by molar-refractivity contribution is 6.24. The van der Waals surface area contributed by atoms with Crippen molar-refractivity contribution in [3.05, 3.63) is 170 Å². The van der Waals surface area contributed by atoms with Crippen LogP contribution in [0.2, 0.25) is 0 Å². The third-order valence-corrected chi connectivity index (χ3v) is 9.82. The van der Waals surface area contributed by atoms with Crippen molar-refractivity contribution in [2.24, 2.45) is 0 Å². The van der Waals surface area contributed by atoms with Crippen molar-refractivity contribution in [3.8, 4) is 33.4 Å². The molecule has 1 aromatic heterocycles. The Morgan fingerprint density at radius 3 is 1.62 bits per heavy atom. The fourth-order valence-corrected chi connectivity index (χ4v) is 7.65. The van der Waals surface area contributed by atoms with E-state index in [4.69, 9.17) is 4.42 Å². The Morgan fingerprint density at radius 1 is 0.277 bits per heavy atom. The average Bonchev–Trinajstić information content (AvgIpc) is 3.49. The largest absolute Gasteiger partial charge is 0.456 e. The molecule has 0 bridgehead atoms. The van der Waals surface area contributed by atoms with E-state index < -0.39 is 0 Å². The summed E-state index contributed by atoms with van der Waals surface area (Å²) in [5.41, 5.74) is 9.19. The number of benzene rings is 9. The van der Waals surface area contributed by atoms with Crippen LogP contribution in [0.15, 0.2) is 174 Å². The van der Waals surface area contributed by atoms with Crippen LogP contribution in [0.25, 0.3) is 98.4 Å². The first-order valence-electron chi connectivity index (χ1n) is 16.2. The molecular weight excluding hydrogens is 569 g/mol. The summed E-state index contributed by atoms with van der Waals surface area (Å²) >= 11 is 0. The Kier molecular flexibility index (Phi) is 5.64. The maximum absolute atomic E-state index is 6.54. The van der Waals surface area contributed by atoms with Crippen LogP contribution in [0.4, 0.5) is 0 Å². The van der Waals surface area contributed by atoms with Gasteiger partial charge in [0.15, 0.2) is 0 Å². The normalized spacial score (nSPS) is 11.8. The molecule has 47 heavy (non-hydrogen) atoms. The number of furan rings is 1. The number of rotatable bonds is 3. The first-order valence-corrected chi connectivity index (χ1v) is 16.2. The van der Waals surface area contributed by atoms with Crippen LogP contribution in [0.1, 0.15) is 0 Å². The topological polar surface area (TPSA) is 13.1 Å². The van der Waals surface area contributed by atoms with E-state index in [2.05, 4.69) is 170 Å². The van der Waals surface area contributed by atoms with E-state index in [-0.39, 0.29) is 0 Å². The van der Waals surface area contributed by atoms with Gasteiger partial charge >= 0.3 is 0 Å². The summed E-state index contributed by atoms with van der Waals surface area (Å²) in [5.74, 6) is 0. The van der Waals surface area contributed by atoms with Gasteiger partial charge in [-0.1, -0.05) is 140 Å². The quantitative estimate of drug-likeness (QED) is 0.185. The highest BCUT2D eigenvalue weighted by atomic mass is 16.3. The molecule has 10 aromatic rings. The molecule has 0 fully saturated rings. The van der Waals surface area contributed by atoms with Gasteiger partial charge in [0, 0.05) is 10.8 Å². The van der Waals surface area contributed by atoms with Crippen LogP contribution in [0.5, 0.6) is 0 Å². The van der Waals surface area contributed by atoms with E-state index in [9.17, 15) is 0 Å². The summed E-state index contributed by atoms with van der Waals surface area (Å²) in [7, 11) is 0. The van der Waals surface area contributed by atoms with Crippen molar-refractivity contribution in [2.45, 2.75) is 0 Å². The van der Waals surface area contributed by atoms with Gasteiger partial charge < -0.3 is 4.42 Å². The molecule has 1 heteroatoms. The SMILES string of the molecule is c1ccc(-c2ccc3cccc(-c4c5ccccc5c(-c5ccc6c(c5)oc5cc7ccccc7cc56)c5ccccc45)c3c2)cc1. The van der Waals surface area contributed by atoms with Crippen LogP contribution in [0.3, 0.4) is 0 Å². The molecule has 0 saturated carbocycles. The Hall–Kier alpha value is -6.18. The lowest BCUT2D eigenvalue weighted by Crippen LogP contribution is -1.92. The lowest BCUT2D eigenvalue weighted by atomic mass is 9.84. The highest BCUT2D eigenvalue weighted by Crippen LogP contribution is 2.46. The molecule has 0 spiro atoms. The van der Waals surface area contributed by atoms with E-state index >= 15 is 0 Å². The summed E-state index contributed by atoms with van der Waals surface area (Å²) in [6.45, 7) is 0. The second-order valence-electron chi connectivity index (χ2n) is 12.5. The van der Waals surface area contributed by atoms with E-state index in [1.54, 1.807) is 0 Å². The third-order valence-electron chi connectivity index (χ3n) is 9.82. The van der Waals surface area contributed by atoms with Crippen molar-refractivity contribution >= 4 is 65.0 Å². The molecule has 0 aliphatic heterocycles. The summed E-state index contributed by atoms with van der Waals surface area (Å²) in [4.78, 5) is 0. The van der Waals surface area contributed by atoms with Crippen LogP contribution in [0, 0.1) is 0 Å². The molecule has 0 N–H and O–H groups in total. The van der Waals surface area contributed by atoms with Crippen molar-refractivity contribution in [1.82, 2.24) is 0 Å². The molecule has 0 aliphatic rings. The highest BCUT2D eigenvalue weighted by Gasteiger charge is 2.19. The van der Waals surface area contributed by atoms with Crippen LogP contribution < -0.4 is 0 Å². The van der Waals surface area contributed by atoms with Gasteiger partial charge in [0.2, 0.25) is 0 Å². The predicted molar refractivity (Wildman–Crippen MR) is 200 cm³/mol. The molecule has 218 valence electrons. The van der Waals surface area contributed by atoms with Gasteiger partial charge in [-0.05, 0) is 107 Å². The lowest BCUT2D eigenvalue weighted by Gasteiger charge is -2.19. The molecule has 0 unspecified atom stereocenters. The molecule has 9 aromatic carbocycles. The molecule has 0 saturated heterocycles. The summed E-state index contributed by atoms with van der Waals surface area (Å²) < 4.78 is 6.54. The molecular formula is C46H28O. The van der Waals surface area contributed by atoms with Gasteiger partial charge in [0.1, 0.15) is 11.2 Å². The van der Waals surface area contributed by atoms with Crippen LogP contribution in [-0.4, -0.2) is 0 Å². The van der Waals surface area contributed by atoms with Gasteiger partial charge in [-0.2, -0.15) is 0 Å². The van der Waals surface area contributed by atoms with E-state index in [0.717, 1.165) is 27.5 Å². The van der Waals surface area contributed by atoms with Gasteiger partial charge in [-0.3, -0.25) is 0 Å². The van der Waals surface area contributed by atoms with Crippen molar-refractivity contribution in [3.63, 3.8) is 0 Å². The average molecular weight is 597 g/mol. The summed E-state index contributed by atoms with van der Waals surface area (Å²) in [6, 6.07) is 61.6. The standard InChI is InChI=1S/C46H28O/c1-2-11-29(12-3-1)33-22-21-30-15-10-20-40(41(30)25-33)46-38-18-8-6-16-36(38)45(37-17-7-9-19-39(37)46)34-23-24-35-42-26-31-13-4-5-14-32(31)27-44(42)47-43(35)28-34/h1-28H. The number of hydrogen-bond acceptors (Lipinski definition) is 1. The van der Waals surface area contributed by atoms with Crippen LogP contribution >= 0.6 is 0 Å². The summed E-state index contributed by atoms with van der Waals surface area (Å²) in [6.07, 6.45) is 0.